The summed E-state index contributed by atoms with van der Waals surface area (Å²) in [5.74, 6) is -0.374. The van der Waals surface area contributed by atoms with Gasteiger partial charge in [-0.25, -0.2) is 8.78 Å². The number of halogens is 2. The second kappa shape index (κ2) is 10.9. The normalized spacial score (nSPS) is 30.2. The molecule has 1 saturated heterocycles. The number of ketones is 1. The number of hydrogen-bond acceptors (Lipinski definition) is 5. The van der Waals surface area contributed by atoms with E-state index in [4.69, 9.17) is 0 Å². The average Bonchev–Trinajstić information content (AvgIpc) is 2.89. The molecule has 39 heavy (non-hydrogen) atoms. The van der Waals surface area contributed by atoms with Crippen molar-refractivity contribution in [2.75, 3.05) is 13.1 Å². The van der Waals surface area contributed by atoms with Crippen molar-refractivity contribution in [1.82, 2.24) is 10.3 Å². The van der Waals surface area contributed by atoms with E-state index in [1.165, 1.54) is 6.92 Å². The minimum absolute atomic E-state index is 0.155. The highest BCUT2D eigenvalue weighted by Gasteiger charge is 2.73. The smallest absolute Gasteiger partial charge is 0.142 e. The van der Waals surface area contributed by atoms with Crippen LogP contribution in [0, 0.1) is 28.1 Å². The largest absolute Gasteiger partial charge is 0.386 e. The van der Waals surface area contributed by atoms with Crippen LogP contribution < -0.4 is 5.32 Å². The van der Waals surface area contributed by atoms with Crippen molar-refractivity contribution in [2.24, 2.45) is 16.7 Å². The number of hydrogen-bond donors (Lipinski definition) is 2. The second-order valence-corrected chi connectivity index (χ2v) is 11.9. The first kappa shape index (κ1) is 29.0. The van der Waals surface area contributed by atoms with E-state index in [0.29, 0.717) is 24.1 Å². The van der Waals surface area contributed by atoms with Crippen molar-refractivity contribution in [3.63, 3.8) is 0 Å². The first-order valence-corrected chi connectivity index (χ1v) is 13.9. The van der Waals surface area contributed by atoms with E-state index >= 15 is 8.78 Å². The quantitative estimate of drug-likeness (QED) is 0.398. The summed E-state index contributed by atoms with van der Waals surface area (Å²) in [6.07, 6.45) is 4.19. The standard InChI is InChI=1S/C32H39F2N3O2/c1-5-9-28(38)32(31(39)20-36-21-31)16-27(33)29(4,34)19-30(32,22(2)3)15-8-11-25-14-13-24(18-37-25)26-12-7-6-10-23(26)17-35/h6-8,10-14,18,22,27,36,39H,5,9,15-16,19-21H2,1-4H3/b11-8-/t27?,29?,30-,32?/m1/s1. The summed E-state index contributed by atoms with van der Waals surface area (Å²) >= 11 is 0. The molecule has 2 aromatic rings. The molecule has 0 amide bonds. The van der Waals surface area contributed by atoms with Crippen LogP contribution in [0.4, 0.5) is 8.78 Å². The van der Waals surface area contributed by atoms with Gasteiger partial charge in [-0.3, -0.25) is 9.78 Å². The Bertz CT molecular complexity index is 1260. The van der Waals surface area contributed by atoms with Gasteiger partial charge in [0.15, 0.2) is 0 Å². The van der Waals surface area contributed by atoms with Crippen molar-refractivity contribution in [3.8, 4) is 17.2 Å². The lowest BCUT2D eigenvalue weighted by atomic mass is 9.40. The molecule has 2 fully saturated rings. The Morgan fingerprint density at radius 2 is 2.00 bits per heavy atom. The third-order valence-electron chi connectivity index (χ3n) is 9.25. The van der Waals surface area contributed by atoms with Crippen LogP contribution in [0.2, 0.25) is 0 Å². The predicted molar refractivity (Wildman–Crippen MR) is 149 cm³/mol. The number of carbonyl (C=O) groups is 1. The minimum Gasteiger partial charge on any atom is -0.386 e. The van der Waals surface area contributed by atoms with Gasteiger partial charge in [0.1, 0.15) is 23.2 Å². The summed E-state index contributed by atoms with van der Waals surface area (Å²) in [7, 11) is 0. The summed E-state index contributed by atoms with van der Waals surface area (Å²) in [4.78, 5) is 18.5. The van der Waals surface area contributed by atoms with E-state index < -0.39 is 28.3 Å². The number of Topliss-reactive ketones (excluding diaryl/α,β-unsaturated/α-hetero) is 1. The molecule has 3 unspecified atom stereocenters. The molecule has 2 heterocycles. The summed E-state index contributed by atoms with van der Waals surface area (Å²) in [6, 6.07) is 13.3. The molecule has 208 valence electrons. The third kappa shape index (κ3) is 4.83. The van der Waals surface area contributed by atoms with E-state index in [-0.39, 0.29) is 44.1 Å². The fraction of sp³-hybridized carbons (Fsp3) is 0.531. The number of nitriles is 1. The molecule has 2 aliphatic rings. The van der Waals surface area contributed by atoms with Crippen LogP contribution in [0.3, 0.4) is 0 Å². The molecule has 1 aliphatic carbocycles. The zero-order valence-electron chi connectivity index (χ0n) is 23.3. The highest BCUT2D eigenvalue weighted by atomic mass is 19.2. The topological polar surface area (TPSA) is 86.0 Å². The molecule has 1 aromatic heterocycles. The van der Waals surface area contributed by atoms with Crippen molar-refractivity contribution >= 4 is 11.9 Å². The number of aromatic nitrogens is 1. The first-order valence-electron chi connectivity index (χ1n) is 13.9. The molecule has 0 radical (unpaired) electrons. The van der Waals surface area contributed by atoms with Crippen LogP contribution in [-0.4, -0.2) is 46.4 Å². The first-order chi connectivity index (χ1) is 18.5. The van der Waals surface area contributed by atoms with Gasteiger partial charge >= 0.3 is 0 Å². The van der Waals surface area contributed by atoms with Crippen molar-refractivity contribution in [1.29, 1.82) is 5.26 Å². The molecule has 2 N–H and O–H groups in total. The number of alkyl halides is 2. The van der Waals surface area contributed by atoms with Crippen LogP contribution in [0.25, 0.3) is 17.2 Å². The van der Waals surface area contributed by atoms with Gasteiger partial charge in [0.25, 0.3) is 0 Å². The maximum absolute atomic E-state index is 15.8. The highest BCUT2D eigenvalue weighted by Crippen LogP contribution is 2.66. The Morgan fingerprint density at radius 3 is 2.56 bits per heavy atom. The van der Waals surface area contributed by atoms with Gasteiger partial charge in [0, 0.05) is 36.8 Å². The van der Waals surface area contributed by atoms with E-state index in [2.05, 4.69) is 16.4 Å². The number of allylic oxidation sites excluding steroid dienone is 1. The molecule has 4 rings (SSSR count). The third-order valence-corrected chi connectivity index (χ3v) is 9.25. The van der Waals surface area contributed by atoms with Gasteiger partial charge in [-0.15, -0.1) is 0 Å². The van der Waals surface area contributed by atoms with Crippen LogP contribution in [0.5, 0.6) is 0 Å². The monoisotopic (exact) mass is 535 g/mol. The molecular weight excluding hydrogens is 496 g/mol. The molecule has 0 bridgehead atoms. The molecule has 0 spiro atoms. The van der Waals surface area contributed by atoms with Crippen molar-refractivity contribution < 1.29 is 18.7 Å². The number of pyridine rings is 1. The molecule has 1 aromatic carbocycles. The molecule has 1 aliphatic heterocycles. The number of aliphatic hydroxyl groups is 1. The number of nitrogens with one attached hydrogen (secondary N) is 1. The Balaban J connectivity index is 1.72. The Kier molecular flexibility index (Phi) is 8.12. The zero-order chi connectivity index (χ0) is 28.5. The number of benzene rings is 1. The fourth-order valence-electron chi connectivity index (χ4n) is 7.04. The van der Waals surface area contributed by atoms with Crippen LogP contribution in [0.15, 0.2) is 48.7 Å². The van der Waals surface area contributed by atoms with Gasteiger partial charge in [-0.1, -0.05) is 51.1 Å². The molecule has 4 atom stereocenters. The van der Waals surface area contributed by atoms with E-state index in [0.717, 1.165) is 11.1 Å². The second-order valence-electron chi connectivity index (χ2n) is 11.9. The van der Waals surface area contributed by atoms with Crippen LogP contribution in [0.1, 0.15) is 71.1 Å². The van der Waals surface area contributed by atoms with Gasteiger partial charge in [0.05, 0.1) is 22.7 Å². The molecule has 1 saturated carbocycles. The molecule has 5 nitrogen and oxygen atoms in total. The average molecular weight is 536 g/mol. The van der Waals surface area contributed by atoms with E-state index in [1.54, 1.807) is 12.3 Å². The summed E-state index contributed by atoms with van der Waals surface area (Å²) < 4.78 is 31.3. The number of β-amino-alcohol motifs (C(OH)–C–C–N with tert-alkyl or cyclic N) is 1. The maximum Gasteiger partial charge on any atom is 0.142 e. The number of carbonyl (C=O) groups excluding carboxylic acids is 1. The number of rotatable bonds is 9. The maximum atomic E-state index is 15.8. The van der Waals surface area contributed by atoms with E-state index in [9.17, 15) is 15.2 Å². The zero-order valence-corrected chi connectivity index (χ0v) is 23.3. The van der Waals surface area contributed by atoms with Crippen molar-refractivity contribution in [3.05, 3.63) is 59.9 Å². The van der Waals surface area contributed by atoms with E-state index in [1.807, 2.05) is 63.3 Å². The Hall–Kier alpha value is -2.95. The Morgan fingerprint density at radius 1 is 1.28 bits per heavy atom. The van der Waals surface area contributed by atoms with Crippen LogP contribution >= 0.6 is 0 Å². The summed E-state index contributed by atoms with van der Waals surface area (Å²) in [5.41, 5.74) is -3.11. The van der Waals surface area contributed by atoms with Gasteiger partial charge in [0.2, 0.25) is 0 Å². The lowest BCUT2D eigenvalue weighted by molar-refractivity contribution is -0.237. The SMILES string of the molecule is CCCC(=O)C1(C2(O)CNC2)CC(F)C(C)(F)C[C@]1(C/C=C\c1ccc(-c2ccccc2C#N)cn1)C(C)C. The summed E-state index contributed by atoms with van der Waals surface area (Å²) in [5, 5.41) is 24.3. The molecular formula is C32H39F2N3O2. The lowest BCUT2D eigenvalue weighted by Crippen LogP contribution is -2.78. The Labute approximate surface area is 230 Å². The minimum atomic E-state index is -2.12. The predicted octanol–water partition coefficient (Wildman–Crippen LogP) is 6.22. The highest BCUT2D eigenvalue weighted by molar-refractivity contribution is 5.88. The van der Waals surface area contributed by atoms with Gasteiger partial charge in [-0.05, 0) is 62.1 Å². The summed E-state index contributed by atoms with van der Waals surface area (Å²) in [6.45, 7) is 7.45. The van der Waals surface area contributed by atoms with Gasteiger partial charge in [-0.2, -0.15) is 5.26 Å². The van der Waals surface area contributed by atoms with Crippen LogP contribution in [-0.2, 0) is 4.79 Å². The lowest BCUT2D eigenvalue weighted by Gasteiger charge is -2.66. The number of nitrogens with zero attached hydrogens (tertiary/aromatic N) is 2. The van der Waals surface area contributed by atoms with Crippen molar-refractivity contribution in [2.45, 2.75) is 77.2 Å². The molecule has 7 heteroatoms. The fourth-order valence-corrected chi connectivity index (χ4v) is 7.04. The van der Waals surface area contributed by atoms with Gasteiger partial charge < -0.3 is 10.4 Å².